The van der Waals surface area contributed by atoms with Crippen molar-refractivity contribution < 1.29 is 18.0 Å². The first-order chi connectivity index (χ1) is 12.7. The largest absolute Gasteiger partial charge is 0.416 e. The van der Waals surface area contributed by atoms with E-state index < -0.39 is 17.6 Å². The van der Waals surface area contributed by atoms with E-state index in [1.165, 1.54) is 17.4 Å². The fourth-order valence-electron chi connectivity index (χ4n) is 2.46. The molecule has 2 aromatic heterocycles. The molecular weight excluding hydrogens is 395 g/mol. The standard InChI is InChI=1S/C18H16F3N3OS2/c1-24(2)14-6-5-11(18(19,20)21)8-13(14)23-16(25)9-12-10-27-17(22-12)15-4-3-7-26-15/h3-8,10H,9H2,1-2H3,(H,23,25). The minimum atomic E-state index is -4.48. The fourth-order valence-corrected chi connectivity index (χ4v) is 4.10. The van der Waals surface area contributed by atoms with Crippen LogP contribution in [-0.2, 0) is 17.4 Å². The molecule has 9 heteroatoms. The second kappa shape index (κ2) is 7.69. The van der Waals surface area contributed by atoms with E-state index >= 15 is 0 Å². The molecule has 27 heavy (non-hydrogen) atoms. The summed E-state index contributed by atoms with van der Waals surface area (Å²) in [6.45, 7) is 0. The number of carbonyl (C=O) groups is 1. The average Bonchev–Trinajstić information content (AvgIpc) is 3.24. The Bertz CT molecular complexity index is 934. The van der Waals surface area contributed by atoms with Crippen LogP contribution in [0.2, 0.25) is 0 Å². The van der Waals surface area contributed by atoms with Gasteiger partial charge in [-0.1, -0.05) is 6.07 Å². The van der Waals surface area contributed by atoms with Gasteiger partial charge in [-0.2, -0.15) is 13.2 Å². The molecule has 2 heterocycles. The minimum absolute atomic E-state index is 0.00894. The van der Waals surface area contributed by atoms with Crippen LogP contribution in [0, 0.1) is 0 Å². The van der Waals surface area contributed by atoms with Gasteiger partial charge in [0.1, 0.15) is 5.01 Å². The van der Waals surface area contributed by atoms with Crippen molar-refractivity contribution in [1.29, 1.82) is 0 Å². The van der Waals surface area contributed by atoms with E-state index in [9.17, 15) is 18.0 Å². The van der Waals surface area contributed by atoms with Crippen LogP contribution in [0.5, 0.6) is 0 Å². The Morgan fingerprint density at radius 3 is 2.63 bits per heavy atom. The van der Waals surface area contributed by atoms with Crippen LogP contribution in [0.1, 0.15) is 11.3 Å². The quantitative estimate of drug-likeness (QED) is 0.633. The Morgan fingerprint density at radius 2 is 2.00 bits per heavy atom. The summed E-state index contributed by atoms with van der Waals surface area (Å²) in [5.74, 6) is -0.416. The van der Waals surface area contributed by atoms with Gasteiger partial charge in [-0.25, -0.2) is 4.98 Å². The summed E-state index contributed by atoms with van der Waals surface area (Å²) in [4.78, 5) is 19.5. The number of alkyl halides is 3. The van der Waals surface area contributed by atoms with E-state index in [-0.39, 0.29) is 12.1 Å². The molecule has 0 atom stereocenters. The van der Waals surface area contributed by atoms with Crippen molar-refractivity contribution in [1.82, 2.24) is 4.98 Å². The van der Waals surface area contributed by atoms with Crippen LogP contribution >= 0.6 is 22.7 Å². The van der Waals surface area contributed by atoms with Gasteiger partial charge in [-0.05, 0) is 29.6 Å². The highest BCUT2D eigenvalue weighted by atomic mass is 32.1. The van der Waals surface area contributed by atoms with Gasteiger partial charge < -0.3 is 10.2 Å². The zero-order valence-electron chi connectivity index (χ0n) is 14.5. The molecule has 3 rings (SSSR count). The third-order valence-corrected chi connectivity index (χ3v) is 5.64. The molecule has 1 aromatic carbocycles. The number of nitrogens with zero attached hydrogens (tertiary/aromatic N) is 2. The maximum atomic E-state index is 13.0. The van der Waals surface area contributed by atoms with Crippen LogP contribution in [-0.4, -0.2) is 25.0 Å². The molecule has 142 valence electrons. The number of nitrogens with one attached hydrogen (secondary N) is 1. The SMILES string of the molecule is CN(C)c1ccc(C(F)(F)F)cc1NC(=O)Cc1csc(-c2cccs2)n1. The molecule has 0 bridgehead atoms. The van der Waals surface area contributed by atoms with Gasteiger partial charge in [0.15, 0.2) is 0 Å². The summed E-state index contributed by atoms with van der Waals surface area (Å²) < 4.78 is 39.0. The normalized spacial score (nSPS) is 11.4. The Balaban J connectivity index is 1.77. The first-order valence-corrected chi connectivity index (χ1v) is 9.66. The second-order valence-corrected chi connectivity index (χ2v) is 7.78. The first kappa shape index (κ1) is 19.4. The Hall–Kier alpha value is -2.39. The number of hydrogen-bond donors (Lipinski definition) is 1. The lowest BCUT2D eigenvalue weighted by Gasteiger charge is -2.19. The molecule has 4 nitrogen and oxygen atoms in total. The van der Waals surface area contributed by atoms with Gasteiger partial charge in [-0.15, -0.1) is 22.7 Å². The number of rotatable bonds is 5. The second-order valence-electron chi connectivity index (χ2n) is 5.97. The van der Waals surface area contributed by atoms with Gasteiger partial charge in [0.25, 0.3) is 0 Å². The van der Waals surface area contributed by atoms with Crippen molar-refractivity contribution in [2.24, 2.45) is 0 Å². The molecule has 1 amide bonds. The number of thiophene rings is 1. The number of anilines is 2. The zero-order chi connectivity index (χ0) is 19.6. The summed E-state index contributed by atoms with van der Waals surface area (Å²) in [6, 6.07) is 7.16. The lowest BCUT2D eigenvalue weighted by molar-refractivity contribution is -0.137. The number of thiazole rings is 1. The lowest BCUT2D eigenvalue weighted by Crippen LogP contribution is -2.19. The first-order valence-electron chi connectivity index (χ1n) is 7.91. The molecular formula is C18H16F3N3OS2. The van der Waals surface area contributed by atoms with E-state index in [2.05, 4.69) is 10.3 Å². The molecule has 0 unspecified atom stereocenters. The number of amides is 1. The van der Waals surface area contributed by atoms with Crippen LogP contribution in [0.3, 0.4) is 0 Å². The molecule has 0 saturated carbocycles. The molecule has 0 saturated heterocycles. The third kappa shape index (κ3) is 4.67. The van der Waals surface area contributed by atoms with Gasteiger partial charge >= 0.3 is 6.18 Å². The van der Waals surface area contributed by atoms with E-state index in [0.29, 0.717) is 11.4 Å². The van der Waals surface area contributed by atoms with Crippen molar-refractivity contribution in [2.75, 3.05) is 24.3 Å². The van der Waals surface area contributed by atoms with Gasteiger partial charge in [0.05, 0.1) is 33.9 Å². The molecule has 0 radical (unpaired) electrons. The monoisotopic (exact) mass is 411 g/mol. The van der Waals surface area contributed by atoms with Crippen molar-refractivity contribution in [2.45, 2.75) is 12.6 Å². The van der Waals surface area contributed by atoms with Gasteiger partial charge in [0.2, 0.25) is 5.91 Å². The van der Waals surface area contributed by atoms with E-state index in [1.807, 2.05) is 17.5 Å². The van der Waals surface area contributed by atoms with Crippen molar-refractivity contribution in [3.8, 4) is 9.88 Å². The number of carbonyl (C=O) groups excluding carboxylic acids is 1. The van der Waals surface area contributed by atoms with Gasteiger partial charge in [0, 0.05) is 19.5 Å². The molecule has 0 spiro atoms. The lowest BCUT2D eigenvalue weighted by atomic mass is 10.1. The zero-order valence-corrected chi connectivity index (χ0v) is 16.1. The van der Waals surface area contributed by atoms with Crippen LogP contribution in [0.15, 0.2) is 41.1 Å². The molecule has 3 aromatic rings. The van der Waals surface area contributed by atoms with E-state index in [0.717, 1.165) is 22.0 Å². The predicted molar refractivity (Wildman–Crippen MR) is 104 cm³/mol. The summed E-state index contributed by atoms with van der Waals surface area (Å²) in [6.07, 6.45) is -4.49. The van der Waals surface area contributed by atoms with Gasteiger partial charge in [-0.3, -0.25) is 4.79 Å². The molecule has 0 aliphatic rings. The number of aromatic nitrogens is 1. The fraction of sp³-hybridized carbons (Fsp3) is 0.222. The van der Waals surface area contributed by atoms with Crippen molar-refractivity contribution in [3.63, 3.8) is 0 Å². The predicted octanol–water partition coefficient (Wildman–Crippen LogP) is 5.14. The molecule has 0 aliphatic carbocycles. The summed E-state index contributed by atoms with van der Waals surface area (Å²) >= 11 is 2.99. The number of halogens is 3. The summed E-state index contributed by atoms with van der Waals surface area (Å²) in [7, 11) is 3.40. The Morgan fingerprint density at radius 1 is 1.22 bits per heavy atom. The smallest absolute Gasteiger partial charge is 0.376 e. The number of benzene rings is 1. The van der Waals surface area contributed by atoms with E-state index in [1.54, 1.807) is 35.7 Å². The third-order valence-electron chi connectivity index (χ3n) is 3.71. The van der Waals surface area contributed by atoms with Crippen molar-refractivity contribution >= 4 is 40.0 Å². The highest BCUT2D eigenvalue weighted by Crippen LogP contribution is 2.35. The Kier molecular flexibility index (Phi) is 5.52. The topological polar surface area (TPSA) is 45.2 Å². The molecule has 0 fully saturated rings. The highest BCUT2D eigenvalue weighted by Gasteiger charge is 2.31. The summed E-state index contributed by atoms with van der Waals surface area (Å²) in [5, 5.41) is 7.13. The maximum absolute atomic E-state index is 13.0. The number of hydrogen-bond acceptors (Lipinski definition) is 5. The molecule has 0 aliphatic heterocycles. The summed E-state index contributed by atoms with van der Waals surface area (Å²) in [5.41, 5.74) is 0.388. The Labute approximate surface area is 162 Å². The minimum Gasteiger partial charge on any atom is -0.376 e. The average molecular weight is 411 g/mol. The van der Waals surface area contributed by atoms with Crippen LogP contribution < -0.4 is 10.2 Å². The van der Waals surface area contributed by atoms with Crippen LogP contribution in [0.4, 0.5) is 24.5 Å². The van der Waals surface area contributed by atoms with Crippen LogP contribution in [0.25, 0.3) is 9.88 Å². The molecule has 1 N–H and O–H groups in total. The van der Waals surface area contributed by atoms with Crippen molar-refractivity contribution in [3.05, 3.63) is 52.3 Å². The maximum Gasteiger partial charge on any atom is 0.416 e. The highest BCUT2D eigenvalue weighted by molar-refractivity contribution is 7.20. The van der Waals surface area contributed by atoms with E-state index in [4.69, 9.17) is 0 Å².